The number of fused-ring (bicyclic) bond motifs is 1. The minimum Gasteiger partial charge on any atom is -0.508 e. The van der Waals surface area contributed by atoms with Crippen LogP contribution in [0.4, 0.5) is 0 Å². The second-order valence-corrected chi connectivity index (χ2v) is 16.8. The van der Waals surface area contributed by atoms with Crippen molar-refractivity contribution in [1.82, 2.24) is 15.1 Å². The number of piperidine rings is 1. The van der Waals surface area contributed by atoms with E-state index >= 15 is 0 Å². The van der Waals surface area contributed by atoms with Gasteiger partial charge >= 0.3 is 0 Å². The number of likely N-dealkylation sites (N-methyl/N-ethyl adjacent to an activating group) is 1. The Hall–Kier alpha value is -5.39. The summed E-state index contributed by atoms with van der Waals surface area (Å²) in [6.07, 6.45) is 1.96. The molecule has 1 saturated heterocycles. The third-order valence-corrected chi connectivity index (χ3v) is 12.1. The Balaban J connectivity index is 0.734. The van der Waals surface area contributed by atoms with E-state index in [0.717, 1.165) is 53.3 Å². The van der Waals surface area contributed by atoms with Crippen LogP contribution in [-0.2, 0) is 33.3 Å². The number of rotatable bonds is 29. The lowest BCUT2D eigenvalue weighted by molar-refractivity contribution is -0.136. The van der Waals surface area contributed by atoms with Crippen LogP contribution in [0.2, 0.25) is 0 Å². The molecule has 0 radical (unpaired) electrons. The van der Waals surface area contributed by atoms with Gasteiger partial charge in [0.15, 0.2) is 0 Å². The number of carbonyl (C=O) groups excluding carboxylic acids is 4. The van der Waals surface area contributed by atoms with E-state index in [0.29, 0.717) is 83.3 Å². The molecule has 352 valence electrons. The molecule has 0 aromatic heterocycles. The first-order valence-electron chi connectivity index (χ1n) is 22.6. The average Bonchev–Trinajstić information content (AvgIpc) is 3.58. The van der Waals surface area contributed by atoms with Crippen molar-refractivity contribution in [1.29, 1.82) is 0 Å². The van der Waals surface area contributed by atoms with Crippen molar-refractivity contribution in [2.45, 2.75) is 43.5 Å². The highest BCUT2D eigenvalue weighted by Gasteiger charge is 2.45. The van der Waals surface area contributed by atoms with E-state index in [1.54, 1.807) is 30.3 Å². The third kappa shape index (κ3) is 14.6. The maximum Gasteiger partial charge on any atom is 0.263 e. The Morgan fingerprint density at radius 2 is 1.29 bits per heavy atom. The molecule has 14 nitrogen and oxygen atoms in total. The van der Waals surface area contributed by atoms with Gasteiger partial charge in [-0.25, -0.2) is 0 Å². The molecule has 0 spiro atoms. The molecule has 1 fully saturated rings. The number of carbonyl (C=O) groups is 4. The van der Waals surface area contributed by atoms with Gasteiger partial charge in [-0.15, -0.1) is 11.8 Å². The van der Waals surface area contributed by atoms with Crippen molar-refractivity contribution in [3.63, 3.8) is 0 Å². The van der Waals surface area contributed by atoms with Gasteiger partial charge in [-0.2, -0.15) is 0 Å². The van der Waals surface area contributed by atoms with E-state index in [-0.39, 0.29) is 29.7 Å². The predicted octanol–water partition coefficient (Wildman–Crippen LogP) is 6.74. The molecule has 4 amide bonds. The Morgan fingerprint density at radius 3 is 1.91 bits per heavy atom. The number of benzene rings is 4. The molecule has 66 heavy (non-hydrogen) atoms. The molecular formula is C51H61N3O11S. The van der Waals surface area contributed by atoms with Crippen molar-refractivity contribution in [3.05, 3.63) is 125 Å². The fourth-order valence-corrected chi connectivity index (χ4v) is 8.63. The zero-order chi connectivity index (χ0) is 46.5. The zero-order valence-corrected chi connectivity index (χ0v) is 38.7. The fraction of sp³-hybridized carbons (Fsp3) is 0.412. The van der Waals surface area contributed by atoms with Crippen molar-refractivity contribution in [3.8, 4) is 11.5 Å². The fourth-order valence-electron chi connectivity index (χ4n) is 7.69. The summed E-state index contributed by atoms with van der Waals surface area (Å²) in [5, 5.41) is 12.1. The van der Waals surface area contributed by atoms with Crippen LogP contribution in [-0.4, -0.2) is 143 Å². The largest absolute Gasteiger partial charge is 0.508 e. The van der Waals surface area contributed by atoms with Crippen LogP contribution in [0.5, 0.6) is 11.5 Å². The van der Waals surface area contributed by atoms with Gasteiger partial charge in [0.2, 0.25) is 11.8 Å². The predicted molar refractivity (Wildman–Crippen MR) is 253 cm³/mol. The molecule has 1 atom stereocenters. The first kappa shape index (κ1) is 50.0. The van der Waals surface area contributed by atoms with E-state index in [1.165, 1.54) is 22.9 Å². The standard InChI is InChI=1S/C51H61N3O11S/c1-3-42(37-9-5-4-6-10-37)47(38-13-17-40(55)18-14-38)39-15-19-41(20-16-39)65-26-24-53(2)23-8-25-60-27-28-61-29-30-62-31-32-63-33-34-64-35-36-66-45-12-7-11-43-48(45)51(59)54(50(43)58)44-21-22-46(56)52-49(44)57/h4-7,9-20,44,55H,3,8,21-36H2,1-2H3,(H,52,56,57)/b47-42-. The highest BCUT2D eigenvalue weighted by molar-refractivity contribution is 7.99. The maximum atomic E-state index is 13.2. The summed E-state index contributed by atoms with van der Waals surface area (Å²) in [4.78, 5) is 54.0. The molecule has 2 N–H and O–H groups in total. The van der Waals surface area contributed by atoms with Crippen LogP contribution in [0, 0.1) is 0 Å². The normalized spacial score (nSPS) is 15.3. The highest BCUT2D eigenvalue weighted by atomic mass is 32.2. The number of imide groups is 2. The van der Waals surface area contributed by atoms with Gasteiger partial charge in [0.25, 0.3) is 11.8 Å². The summed E-state index contributed by atoms with van der Waals surface area (Å²) in [6.45, 7) is 9.13. The molecule has 2 heterocycles. The summed E-state index contributed by atoms with van der Waals surface area (Å²) < 4.78 is 34.3. The van der Waals surface area contributed by atoms with Crippen LogP contribution in [0.25, 0.3) is 11.1 Å². The number of nitrogens with one attached hydrogen (secondary N) is 1. The van der Waals surface area contributed by atoms with Gasteiger partial charge in [-0.1, -0.05) is 67.6 Å². The van der Waals surface area contributed by atoms with Gasteiger partial charge < -0.3 is 38.4 Å². The number of aromatic hydroxyl groups is 1. The Kier molecular flexibility index (Phi) is 20.2. The third-order valence-electron chi connectivity index (χ3n) is 11.0. The zero-order valence-electron chi connectivity index (χ0n) is 37.9. The molecule has 15 heteroatoms. The van der Waals surface area contributed by atoms with Crippen LogP contribution in [0.3, 0.4) is 0 Å². The van der Waals surface area contributed by atoms with Gasteiger partial charge in [0, 0.05) is 36.8 Å². The van der Waals surface area contributed by atoms with Crippen molar-refractivity contribution in [2.75, 3.05) is 98.6 Å². The lowest BCUT2D eigenvalue weighted by atomic mass is 9.88. The lowest BCUT2D eigenvalue weighted by Crippen LogP contribution is -2.54. The van der Waals surface area contributed by atoms with Crippen LogP contribution in [0.1, 0.15) is 70.0 Å². The maximum absolute atomic E-state index is 13.2. The Labute approximate surface area is 391 Å². The number of thioether (sulfide) groups is 1. The van der Waals surface area contributed by atoms with Crippen LogP contribution >= 0.6 is 11.8 Å². The number of hydrogen-bond donors (Lipinski definition) is 2. The first-order chi connectivity index (χ1) is 32.2. The molecule has 4 aromatic rings. The smallest absolute Gasteiger partial charge is 0.263 e. The van der Waals surface area contributed by atoms with Crippen molar-refractivity contribution >= 4 is 46.5 Å². The van der Waals surface area contributed by atoms with Crippen molar-refractivity contribution in [2.24, 2.45) is 0 Å². The van der Waals surface area contributed by atoms with Gasteiger partial charge in [-0.05, 0) is 90.5 Å². The Bertz CT molecular complexity index is 2220. The number of allylic oxidation sites excluding steroid dienone is 1. The Morgan fingerprint density at radius 1 is 0.682 bits per heavy atom. The molecular weight excluding hydrogens is 863 g/mol. The topological polar surface area (TPSA) is 162 Å². The highest BCUT2D eigenvalue weighted by Crippen LogP contribution is 2.36. The minimum absolute atomic E-state index is 0.0753. The molecule has 0 bridgehead atoms. The molecule has 2 aliphatic rings. The van der Waals surface area contributed by atoms with Crippen molar-refractivity contribution < 1.29 is 52.7 Å². The summed E-state index contributed by atoms with van der Waals surface area (Å²) in [6, 6.07) is 30.2. The number of phenols is 1. The molecule has 2 aliphatic heterocycles. The number of amides is 4. The van der Waals surface area contributed by atoms with Crippen LogP contribution < -0.4 is 10.1 Å². The number of phenolic OH excluding ortho intramolecular Hbond substituents is 1. The lowest BCUT2D eigenvalue weighted by Gasteiger charge is -2.27. The molecule has 6 rings (SSSR count). The second kappa shape index (κ2) is 26.7. The molecule has 0 aliphatic carbocycles. The molecule has 1 unspecified atom stereocenters. The molecule has 4 aromatic carbocycles. The number of hydrogen-bond acceptors (Lipinski definition) is 13. The molecule has 0 saturated carbocycles. The van der Waals surface area contributed by atoms with E-state index in [2.05, 4.69) is 60.6 Å². The summed E-state index contributed by atoms with van der Waals surface area (Å²) in [5.41, 5.74) is 6.26. The quantitative estimate of drug-likeness (QED) is 0.0255. The van der Waals surface area contributed by atoms with Gasteiger partial charge in [-0.3, -0.25) is 29.4 Å². The number of ether oxygens (including phenoxy) is 6. The van der Waals surface area contributed by atoms with E-state index in [1.807, 2.05) is 30.3 Å². The average molecular weight is 924 g/mol. The van der Waals surface area contributed by atoms with Crippen LogP contribution in [0.15, 0.2) is 102 Å². The number of nitrogens with zero attached hydrogens (tertiary/aromatic N) is 2. The monoisotopic (exact) mass is 923 g/mol. The summed E-state index contributed by atoms with van der Waals surface area (Å²) >= 11 is 1.40. The van der Waals surface area contributed by atoms with E-state index in [4.69, 9.17) is 28.4 Å². The SMILES string of the molecule is CC/C(=C(\c1ccc(O)cc1)c1ccc(OCCN(C)CCCOCCOCCOCCOCCOCCSc2cccc3c2C(=O)N(C2CCC(=O)NC2=O)C3=O)cc1)c1ccccc1. The van der Waals surface area contributed by atoms with Gasteiger partial charge in [0.05, 0.1) is 70.6 Å². The first-order valence-corrected chi connectivity index (χ1v) is 23.6. The van der Waals surface area contributed by atoms with E-state index in [9.17, 15) is 24.3 Å². The summed E-state index contributed by atoms with van der Waals surface area (Å²) in [7, 11) is 2.08. The van der Waals surface area contributed by atoms with Gasteiger partial charge in [0.1, 0.15) is 24.1 Å². The minimum atomic E-state index is -0.994. The second-order valence-electron chi connectivity index (χ2n) is 15.7. The van der Waals surface area contributed by atoms with E-state index < -0.39 is 29.7 Å². The summed E-state index contributed by atoms with van der Waals surface area (Å²) in [5.74, 6) is -0.454.